The lowest BCUT2D eigenvalue weighted by atomic mass is 10.1. The number of aromatic nitrogens is 2. The van der Waals surface area contributed by atoms with Crippen LogP contribution in [0.1, 0.15) is 30.0 Å². The first-order chi connectivity index (χ1) is 12.1. The molecule has 0 spiro atoms. The van der Waals surface area contributed by atoms with E-state index < -0.39 is 0 Å². The fourth-order valence-corrected chi connectivity index (χ4v) is 2.48. The molecule has 2 N–H and O–H groups in total. The number of nitrogens with one attached hydrogen (secondary N) is 2. The molecule has 0 radical (unpaired) electrons. The Bertz CT molecular complexity index is 699. The Morgan fingerprint density at radius 1 is 1.31 bits per heavy atom. The van der Waals surface area contributed by atoms with Crippen molar-refractivity contribution in [1.29, 1.82) is 0 Å². The normalized spacial score (nSPS) is 11.0. The van der Waals surface area contributed by atoms with E-state index in [2.05, 4.69) is 52.8 Å². The van der Waals surface area contributed by atoms with Gasteiger partial charge in [0.2, 0.25) is 0 Å². The van der Waals surface area contributed by atoms with E-state index in [1.165, 1.54) is 11.1 Å². The predicted molar refractivity (Wildman–Crippen MR) is 117 cm³/mol. The van der Waals surface area contributed by atoms with E-state index in [4.69, 9.17) is 4.74 Å². The maximum Gasteiger partial charge on any atom is 0.191 e. The van der Waals surface area contributed by atoms with Gasteiger partial charge in [0.15, 0.2) is 5.96 Å². The van der Waals surface area contributed by atoms with Crippen molar-refractivity contribution in [3.05, 3.63) is 47.3 Å². The quantitative estimate of drug-likeness (QED) is 0.353. The third-order valence-electron chi connectivity index (χ3n) is 3.82. The highest BCUT2D eigenvalue weighted by Gasteiger charge is 2.06. The predicted octanol–water partition coefficient (Wildman–Crippen LogP) is 3.04. The second-order valence-corrected chi connectivity index (χ2v) is 6.08. The smallest absolute Gasteiger partial charge is 0.191 e. The molecular weight excluding hydrogens is 441 g/mol. The number of nitrogens with zero attached hydrogens (tertiary/aromatic N) is 3. The van der Waals surface area contributed by atoms with Crippen LogP contribution in [0.2, 0.25) is 0 Å². The zero-order valence-corrected chi connectivity index (χ0v) is 18.4. The minimum absolute atomic E-state index is 0. The second kappa shape index (κ2) is 11.8. The first kappa shape index (κ1) is 22.3. The molecule has 0 saturated carbocycles. The largest absolute Gasteiger partial charge is 0.493 e. The summed E-state index contributed by atoms with van der Waals surface area (Å²) in [6.07, 6.45) is 5.82. The molecule has 1 heterocycles. The average molecular weight is 471 g/mol. The number of aliphatic imine (C=N–C) groups is 1. The number of rotatable bonds is 8. The summed E-state index contributed by atoms with van der Waals surface area (Å²) in [6.45, 7) is 6.40. The first-order valence-corrected chi connectivity index (χ1v) is 8.76. The Labute approximate surface area is 173 Å². The third kappa shape index (κ3) is 7.23. The Morgan fingerprint density at radius 2 is 2.12 bits per heavy atom. The lowest BCUT2D eigenvalue weighted by Gasteiger charge is -2.15. The van der Waals surface area contributed by atoms with Crippen LogP contribution in [-0.4, -0.2) is 35.9 Å². The molecule has 7 heteroatoms. The highest BCUT2D eigenvalue weighted by Crippen LogP contribution is 2.20. The van der Waals surface area contributed by atoms with Crippen LogP contribution in [0.15, 0.2) is 35.6 Å². The molecule has 144 valence electrons. The molecule has 6 nitrogen and oxygen atoms in total. The molecule has 2 aromatic rings. The molecule has 0 amide bonds. The van der Waals surface area contributed by atoms with Crippen molar-refractivity contribution in [2.75, 3.05) is 20.2 Å². The standard InChI is InChI=1S/C19H29N5O.HI/c1-5-10-25-18-11-15(2)6-7-17(18)13-22-19(20-3)21-9-8-16-12-23-24(4)14-16;/h6-7,11-12,14H,5,8-10,13H2,1-4H3,(H2,20,21,22);1H. The minimum atomic E-state index is 0. The molecule has 0 saturated heterocycles. The average Bonchev–Trinajstić information content (AvgIpc) is 3.02. The summed E-state index contributed by atoms with van der Waals surface area (Å²) in [5, 5.41) is 10.9. The van der Waals surface area contributed by atoms with Crippen molar-refractivity contribution < 1.29 is 4.74 Å². The minimum Gasteiger partial charge on any atom is -0.493 e. The van der Waals surface area contributed by atoms with Crippen molar-refractivity contribution in [1.82, 2.24) is 20.4 Å². The molecule has 0 fully saturated rings. The van der Waals surface area contributed by atoms with Crippen molar-refractivity contribution in [2.24, 2.45) is 12.0 Å². The summed E-state index contributed by atoms with van der Waals surface area (Å²) in [5.41, 5.74) is 3.54. The molecule has 2 rings (SSSR count). The van der Waals surface area contributed by atoms with Crippen molar-refractivity contribution in [2.45, 2.75) is 33.2 Å². The monoisotopic (exact) mass is 471 g/mol. The molecule has 1 aromatic carbocycles. The zero-order valence-electron chi connectivity index (χ0n) is 16.1. The molecule has 0 unspecified atom stereocenters. The second-order valence-electron chi connectivity index (χ2n) is 6.08. The number of benzene rings is 1. The van der Waals surface area contributed by atoms with E-state index in [-0.39, 0.29) is 24.0 Å². The highest BCUT2D eigenvalue weighted by atomic mass is 127. The van der Waals surface area contributed by atoms with Crippen LogP contribution in [0.5, 0.6) is 5.75 Å². The summed E-state index contributed by atoms with van der Waals surface area (Å²) in [4.78, 5) is 4.28. The van der Waals surface area contributed by atoms with Crippen LogP contribution in [0.4, 0.5) is 0 Å². The van der Waals surface area contributed by atoms with Gasteiger partial charge >= 0.3 is 0 Å². The SMILES string of the molecule is CCCOc1cc(C)ccc1CNC(=NC)NCCc1cnn(C)c1.I. The van der Waals surface area contributed by atoms with Gasteiger partial charge in [0, 0.05) is 38.9 Å². The highest BCUT2D eigenvalue weighted by molar-refractivity contribution is 14.0. The van der Waals surface area contributed by atoms with E-state index in [9.17, 15) is 0 Å². The van der Waals surface area contributed by atoms with Gasteiger partial charge in [-0.15, -0.1) is 24.0 Å². The Kier molecular flexibility index (Phi) is 10.1. The molecule has 0 aliphatic rings. The van der Waals surface area contributed by atoms with Crippen LogP contribution >= 0.6 is 24.0 Å². The van der Waals surface area contributed by atoms with Gasteiger partial charge in [-0.1, -0.05) is 19.1 Å². The Balaban J connectivity index is 0.00000338. The van der Waals surface area contributed by atoms with Gasteiger partial charge in [-0.2, -0.15) is 5.10 Å². The van der Waals surface area contributed by atoms with Gasteiger partial charge < -0.3 is 15.4 Å². The van der Waals surface area contributed by atoms with Gasteiger partial charge in [-0.3, -0.25) is 9.67 Å². The van der Waals surface area contributed by atoms with Crippen LogP contribution in [0.3, 0.4) is 0 Å². The van der Waals surface area contributed by atoms with Gasteiger partial charge in [0.25, 0.3) is 0 Å². The number of halogens is 1. The van der Waals surface area contributed by atoms with Gasteiger partial charge in [-0.05, 0) is 37.0 Å². The van der Waals surface area contributed by atoms with Gasteiger partial charge in [0.05, 0.1) is 12.8 Å². The Morgan fingerprint density at radius 3 is 2.77 bits per heavy atom. The molecule has 0 bridgehead atoms. The van der Waals surface area contributed by atoms with E-state index in [1.54, 1.807) is 7.05 Å². The van der Waals surface area contributed by atoms with Crippen LogP contribution in [0, 0.1) is 6.92 Å². The van der Waals surface area contributed by atoms with Gasteiger partial charge in [0.1, 0.15) is 5.75 Å². The summed E-state index contributed by atoms with van der Waals surface area (Å²) >= 11 is 0. The lowest BCUT2D eigenvalue weighted by Crippen LogP contribution is -2.37. The maximum absolute atomic E-state index is 5.86. The number of hydrogen-bond acceptors (Lipinski definition) is 3. The summed E-state index contributed by atoms with van der Waals surface area (Å²) < 4.78 is 7.68. The van der Waals surface area contributed by atoms with E-state index in [0.717, 1.165) is 43.3 Å². The summed E-state index contributed by atoms with van der Waals surface area (Å²) in [5.74, 6) is 1.73. The molecule has 0 aliphatic carbocycles. The van der Waals surface area contributed by atoms with Crippen LogP contribution in [-0.2, 0) is 20.0 Å². The van der Waals surface area contributed by atoms with Gasteiger partial charge in [-0.25, -0.2) is 0 Å². The summed E-state index contributed by atoms with van der Waals surface area (Å²) in [6, 6.07) is 6.30. The first-order valence-electron chi connectivity index (χ1n) is 8.76. The molecule has 26 heavy (non-hydrogen) atoms. The molecule has 0 atom stereocenters. The van der Waals surface area contributed by atoms with Crippen molar-refractivity contribution in [3.63, 3.8) is 0 Å². The fourth-order valence-electron chi connectivity index (χ4n) is 2.48. The van der Waals surface area contributed by atoms with E-state index in [1.807, 2.05) is 24.1 Å². The van der Waals surface area contributed by atoms with Crippen molar-refractivity contribution >= 4 is 29.9 Å². The van der Waals surface area contributed by atoms with Crippen LogP contribution in [0.25, 0.3) is 0 Å². The number of aryl methyl sites for hydroxylation is 2. The number of guanidine groups is 1. The maximum atomic E-state index is 5.86. The fraction of sp³-hybridized carbons (Fsp3) is 0.474. The van der Waals surface area contributed by atoms with Crippen LogP contribution < -0.4 is 15.4 Å². The Hall–Kier alpha value is -1.77. The van der Waals surface area contributed by atoms with E-state index >= 15 is 0 Å². The third-order valence-corrected chi connectivity index (χ3v) is 3.82. The molecular formula is C19H30IN5O. The number of ether oxygens (including phenoxy) is 1. The zero-order chi connectivity index (χ0) is 18.1. The van der Waals surface area contributed by atoms with E-state index in [0.29, 0.717) is 6.54 Å². The molecule has 0 aliphatic heterocycles. The topological polar surface area (TPSA) is 63.5 Å². The number of hydrogen-bond donors (Lipinski definition) is 2. The van der Waals surface area contributed by atoms with Crippen molar-refractivity contribution in [3.8, 4) is 5.75 Å². The lowest BCUT2D eigenvalue weighted by molar-refractivity contribution is 0.313. The molecule has 1 aromatic heterocycles. The summed E-state index contributed by atoms with van der Waals surface area (Å²) in [7, 11) is 3.71.